The Balaban J connectivity index is 1.67. The summed E-state index contributed by atoms with van der Waals surface area (Å²) in [5.74, 6) is 0.851. The van der Waals surface area contributed by atoms with Crippen LogP contribution in [0.4, 0.5) is 0 Å². The van der Waals surface area contributed by atoms with Gasteiger partial charge in [-0.15, -0.1) is 17.9 Å². The molecule has 1 aromatic carbocycles. The normalized spacial score (nSPS) is 11.1. The minimum absolute atomic E-state index is 0.0465. The van der Waals surface area contributed by atoms with E-state index < -0.39 is 0 Å². The zero-order chi connectivity index (χ0) is 18.7. The lowest BCUT2D eigenvalue weighted by atomic mass is 10.3. The van der Waals surface area contributed by atoms with Gasteiger partial charge in [0.2, 0.25) is 5.89 Å². The Morgan fingerprint density at radius 3 is 2.96 bits per heavy atom. The van der Waals surface area contributed by atoms with Crippen molar-refractivity contribution < 1.29 is 13.9 Å². The summed E-state index contributed by atoms with van der Waals surface area (Å²) < 4.78 is 12.2. The Morgan fingerprint density at radius 1 is 1.42 bits per heavy atom. The molecule has 0 spiro atoms. The number of carbonyl (C=O) groups is 1. The average molecular weight is 371 g/mol. The second kappa shape index (κ2) is 7.70. The third-order valence-electron chi connectivity index (χ3n) is 3.81. The van der Waals surface area contributed by atoms with Crippen molar-refractivity contribution in [2.75, 3.05) is 6.54 Å². The van der Waals surface area contributed by atoms with Crippen LogP contribution in [0.3, 0.4) is 0 Å². The minimum Gasteiger partial charge on any atom is -0.484 e. The number of nitrogens with zero attached hydrogens (tertiary/aromatic N) is 3. The first-order valence-corrected chi connectivity index (χ1v) is 9.16. The predicted molar refractivity (Wildman–Crippen MR) is 102 cm³/mol. The molecule has 2 aromatic heterocycles. The molecule has 0 fully saturated rings. The Kier molecular flexibility index (Phi) is 5.37. The van der Waals surface area contributed by atoms with Crippen LogP contribution in [-0.4, -0.2) is 33.4 Å². The molecule has 26 heavy (non-hydrogen) atoms. The van der Waals surface area contributed by atoms with E-state index in [4.69, 9.17) is 9.15 Å². The van der Waals surface area contributed by atoms with E-state index in [1.807, 2.05) is 39.0 Å². The smallest absolute Gasteiger partial charge is 0.276 e. The number of aromatic nitrogens is 2. The molecular weight excluding hydrogens is 350 g/mol. The van der Waals surface area contributed by atoms with Gasteiger partial charge in [-0.1, -0.05) is 6.08 Å². The van der Waals surface area contributed by atoms with Crippen molar-refractivity contribution in [1.82, 2.24) is 14.9 Å². The van der Waals surface area contributed by atoms with Gasteiger partial charge in [-0.3, -0.25) is 4.79 Å². The van der Waals surface area contributed by atoms with Gasteiger partial charge in [0, 0.05) is 18.7 Å². The first kappa shape index (κ1) is 18.1. The van der Waals surface area contributed by atoms with Crippen LogP contribution in [0.1, 0.15) is 35.2 Å². The topological polar surface area (TPSA) is 68.5 Å². The van der Waals surface area contributed by atoms with E-state index in [1.54, 1.807) is 22.3 Å². The number of oxazole rings is 1. The molecule has 1 amide bonds. The molecule has 0 radical (unpaired) electrons. The van der Waals surface area contributed by atoms with Gasteiger partial charge in [0.05, 0.1) is 15.2 Å². The molecule has 0 saturated heterocycles. The van der Waals surface area contributed by atoms with E-state index in [2.05, 4.69) is 16.5 Å². The molecule has 0 saturated carbocycles. The molecule has 0 unspecified atom stereocenters. The Morgan fingerprint density at radius 2 is 2.23 bits per heavy atom. The van der Waals surface area contributed by atoms with Gasteiger partial charge in [0.25, 0.3) is 5.91 Å². The van der Waals surface area contributed by atoms with E-state index in [0.717, 1.165) is 15.2 Å². The van der Waals surface area contributed by atoms with E-state index in [-0.39, 0.29) is 24.2 Å². The second-order valence-electron chi connectivity index (χ2n) is 6.12. The van der Waals surface area contributed by atoms with E-state index in [1.165, 1.54) is 6.26 Å². The summed E-state index contributed by atoms with van der Waals surface area (Å²) in [4.78, 5) is 22.9. The summed E-state index contributed by atoms with van der Waals surface area (Å²) >= 11 is 1.64. The summed E-state index contributed by atoms with van der Waals surface area (Å²) in [7, 11) is 0. The molecule has 0 aliphatic heterocycles. The van der Waals surface area contributed by atoms with Gasteiger partial charge < -0.3 is 14.1 Å². The van der Waals surface area contributed by atoms with Gasteiger partial charge in [0.1, 0.15) is 12.0 Å². The van der Waals surface area contributed by atoms with Crippen molar-refractivity contribution in [3.05, 3.63) is 53.7 Å². The first-order chi connectivity index (χ1) is 12.5. The summed E-state index contributed by atoms with van der Waals surface area (Å²) in [5, 5.41) is 1.02. The fourth-order valence-corrected chi connectivity index (χ4v) is 3.35. The zero-order valence-electron chi connectivity index (χ0n) is 15.1. The van der Waals surface area contributed by atoms with Crippen LogP contribution in [0.25, 0.3) is 10.2 Å². The number of fused-ring (bicyclic) bond motifs is 1. The maximum absolute atomic E-state index is 12.5. The Hall–Kier alpha value is -2.67. The number of rotatable bonds is 7. The van der Waals surface area contributed by atoms with Crippen LogP contribution in [0.2, 0.25) is 0 Å². The summed E-state index contributed by atoms with van der Waals surface area (Å²) in [6.45, 7) is 10.2. The predicted octanol–water partition coefficient (Wildman–Crippen LogP) is 4.21. The molecule has 3 aromatic rings. The monoisotopic (exact) mass is 371 g/mol. The Labute approximate surface area is 156 Å². The van der Waals surface area contributed by atoms with Crippen LogP contribution in [0, 0.1) is 6.92 Å². The average Bonchev–Trinajstić information content (AvgIpc) is 3.22. The summed E-state index contributed by atoms with van der Waals surface area (Å²) in [6.07, 6.45) is 3.06. The molecule has 2 heterocycles. The van der Waals surface area contributed by atoms with Gasteiger partial charge in [0.15, 0.2) is 12.3 Å². The van der Waals surface area contributed by atoms with Crippen LogP contribution in [-0.2, 0) is 6.61 Å². The second-order valence-corrected chi connectivity index (χ2v) is 7.35. The number of ether oxygens (including phenoxy) is 1. The van der Waals surface area contributed by atoms with Gasteiger partial charge >= 0.3 is 0 Å². The van der Waals surface area contributed by atoms with Crippen molar-refractivity contribution in [2.24, 2.45) is 0 Å². The highest BCUT2D eigenvalue weighted by Crippen LogP contribution is 2.26. The first-order valence-electron chi connectivity index (χ1n) is 8.34. The van der Waals surface area contributed by atoms with E-state index in [0.29, 0.717) is 18.2 Å². The fraction of sp³-hybridized carbons (Fsp3) is 0.316. The lowest BCUT2D eigenvalue weighted by Gasteiger charge is -2.24. The largest absolute Gasteiger partial charge is 0.484 e. The maximum atomic E-state index is 12.5. The van der Waals surface area contributed by atoms with Gasteiger partial charge in [-0.25, -0.2) is 9.97 Å². The molecule has 0 N–H and O–H groups in total. The molecule has 0 bridgehead atoms. The highest BCUT2D eigenvalue weighted by Gasteiger charge is 2.21. The highest BCUT2D eigenvalue weighted by atomic mass is 32.1. The summed E-state index contributed by atoms with van der Waals surface area (Å²) in [5.41, 5.74) is 1.18. The van der Waals surface area contributed by atoms with E-state index in [9.17, 15) is 4.79 Å². The molecule has 0 atom stereocenters. The number of hydrogen-bond acceptors (Lipinski definition) is 6. The number of benzene rings is 1. The van der Waals surface area contributed by atoms with Crippen LogP contribution >= 0.6 is 11.3 Å². The quantitative estimate of drug-likeness (QED) is 0.582. The molecular formula is C19H21N3O3S. The number of aryl methyl sites for hydroxylation is 1. The molecule has 7 heteroatoms. The number of thiazole rings is 1. The van der Waals surface area contributed by atoms with Crippen molar-refractivity contribution >= 4 is 27.5 Å². The van der Waals surface area contributed by atoms with Crippen LogP contribution in [0.15, 0.2) is 41.5 Å². The SMILES string of the molecule is C=CCN(C(=O)c1coc(COc2ccc3sc(C)nc3c2)n1)C(C)C. The Bertz CT molecular complexity index is 929. The fourth-order valence-electron chi connectivity index (χ4n) is 2.55. The number of amides is 1. The van der Waals surface area contributed by atoms with E-state index >= 15 is 0 Å². The molecule has 0 aliphatic rings. The summed E-state index contributed by atoms with van der Waals surface area (Å²) in [6, 6.07) is 5.80. The lowest BCUT2D eigenvalue weighted by Crippen LogP contribution is -2.37. The number of hydrogen-bond donors (Lipinski definition) is 0. The van der Waals surface area contributed by atoms with Crippen molar-refractivity contribution in [3.63, 3.8) is 0 Å². The lowest BCUT2D eigenvalue weighted by molar-refractivity contribution is 0.0722. The van der Waals surface area contributed by atoms with Crippen LogP contribution < -0.4 is 4.74 Å². The highest BCUT2D eigenvalue weighted by molar-refractivity contribution is 7.18. The van der Waals surface area contributed by atoms with Crippen molar-refractivity contribution in [1.29, 1.82) is 0 Å². The molecule has 136 valence electrons. The van der Waals surface area contributed by atoms with Crippen LogP contribution in [0.5, 0.6) is 5.75 Å². The van der Waals surface area contributed by atoms with Gasteiger partial charge in [-0.05, 0) is 32.9 Å². The van der Waals surface area contributed by atoms with Crippen molar-refractivity contribution in [2.45, 2.75) is 33.4 Å². The maximum Gasteiger partial charge on any atom is 0.276 e. The van der Waals surface area contributed by atoms with Crippen molar-refractivity contribution in [3.8, 4) is 5.75 Å². The minimum atomic E-state index is -0.186. The van der Waals surface area contributed by atoms with Gasteiger partial charge in [-0.2, -0.15) is 0 Å². The standard InChI is InChI=1S/C19H21N3O3S/c1-5-8-22(12(2)3)19(23)16-10-25-18(21-16)11-24-14-6-7-17-15(9-14)20-13(4)26-17/h5-7,9-10,12H,1,8,11H2,2-4H3. The third-order valence-corrected chi connectivity index (χ3v) is 4.76. The third kappa shape index (κ3) is 3.94. The number of carbonyl (C=O) groups excluding carboxylic acids is 1. The molecule has 6 nitrogen and oxygen atoms in total. The molecule has 3 rings (SSSR count). The molecule has 0 aliphatic carbocycles. The zero-order valence-corrected chi connectivity index (χ0v) is 15.9.